The summed E-state index contributed by atoms with van der Waals surface area (Å²) in [7, 11) is 0. The van der Waals surface area contributed by atoms with Crippen LogP contribution < -0.4 is 10.1 Å². The number of halogens is 1. The van der Waals surface area contributed by atoms with Crippen molar-refractivity contribution >= 4 is 46.0 Å². The molecule has 0 fully saturated rings. The molecule has 0 aliphatic heterocycles. The molecule has 4 rings (SSSR count). The van der Waals surface area contributed by atoms with Gasteiger partial charge in [0.05, 0.1) is 5.56 Å². The zero-order valence-electron chi connectivity index (χ0n) is 17.3. The predicted octanol–water partition coefficient (Wildman–Crippen LogP) is 6.26. The van der Waals surface area contributed by atoms with Crippen LogP contribution in [0.25, 0.3) is 16.8 Å². The van der Waals surface area contributed by atoms with E-state index >= 15 is 0 Å². The largest absolute Gasteiger partial charge is 0.422 e. The molecule has 0 bridgehead atoms. The van der Waals surface area contributed by atoms with Gasteiger partial charge in [-0.05, 0) is 47.2 Å². The number of hydrogen-bond acceptors (Lipinski definition) is 4. The van der Waals surface area contributed by atoms with Crippen LogP contribution in [0.1, 0.15) is 15.9 Å². The van der Waals surface area contributed by atoms with E-state index < -0.39 is 11.9 Å². The van der Waals surface area contributed by atoms with Crippen LogP contribution in [0.5, 0.6) is 5.75 Å². The van der Waals surface area contributed by atoms with Crippen molar-refractivity contribution in [1.29, 1.82) is 5.26 Å². The van der Waals surface area contributed by atoms with E-state index in [0.717, 1.165) is 10.8 Å². The van der Waals surface area contributed by atoms with Gasteiger partial charge in [-0.2, -0.15) is 5.26 Å². The Morgan fingerprint density at radius 1 is 0.909 bits per heavy atom. The number of carbonyl (C=O) groups excluding carboxylic acids is 2. The molecule has 4 aromatic rings. The molecule has 5 nitrogen and oxygen atoms in total. The zero-order valence-corrected chi connectivity index (χ0v) is 18.0. The number of hydrogen-bond donors (Lipinski definition) is 1. The first-order chi connectivity index (χ1) is 16.0. The van der Waals surface area contributed by atoms with E-state index in [-0.39, 0.29) is 11.3 Å². The monoisotopic (exact) mass is 452 g/mol. The second kappa shape index (κ2) is 9.82. The lowest BCUT2D eigenvalue weighted by Crippen LogP contribution is -2.13. The third kappa shape index (κ3) is 5.09. The SMILES string of the molecule is N#C/C(=C\c1ccccc1OC(=O)c1cccc2ccccc12)C(=O)Nc1cccc(Cl)c1. The van der Waals surface area contributed by atoms with Crippen LogP contribution in [0.15, 0.2) is 96.6 Å². The van der Waals surface area contributed by atoms with Crippen LogP contribution in [-0.4, -0.2) is 11.9 Å². The number of carbonyl (C=O) groups is 2. The Morgan fingerprint density at radius 2 is 1.64 bits per heavy atom. The van der Waals surface area contributed by atoms with Gasteiger partial charge in [-0.1, -0.05) is 72.3 Å². The molecule has 0 saturated heterocycles. The molecule has 6 heteroatoms. The van der Waals surface area contributed by atoms with Crippen LogP contribution in [0, 0.1) is 11.3 Å². The average molecular weight is 453 g/mol. The highest BCUT2D eigenvalue weighted by Gasteiger charge is 2.16. The summed E-state index contributed by atoms with van der Waals surface area (Å²) < 4.78 is 5.66. The first kappa shape index (κ1) is 21.8. The van der Waals surface area contributed by atoms with E-state index in [0.29, 0.717) is 21.8 Å². The summed E-state index contributed by atoms with van der Waals surface area (Å²) >= 11 is 5.95. The highest BCUT2D eigenvalue weighted by molar-refractivity contribution is 6.31. The summed E-state index contributed by atoms with van der Waals surface area (Å²) in [6, 6.07) is 28.1. The molecular formula is C27H17ClN2O3. The van der Waals surface area contributed by atoms with Gasteiger partial charge in [0.15, 0.2) is 0 Å². The van der Waals surface area contributed by atoms with Crippen LogP contribution >= 0.6 is 11.6 Å². The number of nitrogens with zero attached hydrogens (tertiary/aromatic N) is 1. The minimum atomic E-state index is -0.602. The molecule has 0 saturated carbocycles. The molecule has 1 N–H and O–H groups in total. The molecule has 0 spiro atoms. The van der Waals surface area contributed by atoms with Gasteiger partial charge in [0.1, 0.15) is 17.4 Å². The molecule has 0 unspecified atom stereocenters. The average Bonchev–Trinajstić information content (AvgIpc) is 2.83. The van der Waals surface area contributed by atoms with Crippen LogP contribution in [0.4, 0.5) is 5.69 Å². The molecule has 0 atom stereocenters. The van der Waals surface area contributed by atoms with Crippen molar-refractivity contribution in [1.82, 2.24) is 0 Å². The fourth-order valence-electron chi connectivity index (χ4n) is 3.32. The molecule has 0 radical (unpaired) electrons. The van der Waals surface area contributed by atoms with Crippen molar-refractivity contribution < 1.29 is 14.3 Å². The minimum Gasteiger partial charge on any atom is -0.422 e. The van der Waals surface area contributed by atoms with Crippen molar-refractivity contribution in [2.24, 2.45) is 0 Å². The lowest BCUT2D eigenvalue weighted by molar-refractivity contribution is -0.112. The fourth-order valence-corrected chi connectivity index (χ4v) is 3.51. The van der Waals surface area contributed by atoms with E-state index in [1.54, 1.807) is 60.7 Å². The summed E-state index contributed by atoms with van der Waals surface area (Å²) in [6.45, 7) is 0. The third-order valence-corrected chi connectivity index (χ3v) is 5.11. The van der Waals surface area contributed by atoms with Crippen molar-refractivity contribution in [2.75, 3.05) is 5.32 Å². The summed E-state index contributed by atoms with van der Waals surface area (Å²) in [5.74, 6) is -0.900. The third-order valence-electron chi connectivity index (χ3n) is 4.88. The van der Waals surface area contributed by atoms with Crippen LogP contribution in [-0.2, 0) is 4.79 Å². The Balaban J connectivity index is 1.61. The molecule has 0 aromatic heterocycles. The Morgan fingerprint density at radius 3 is 2.45 bits per heavy atom. The van der Waals surface area contributed by atoms with Gasteiger partial charge in [0.2, 0.25) is 0 Å². The fraction of sp³-hybridized carbons (Fsp3) is 0. The second-order valence-corrected chi connectivity index (χ2v) is 7.52. The molecule has 160 valence electrons. The van der Waals surface area contributed by atoms with E-state index in [2.05, 4.69) is 5.32 Å². The van der Waals surface area contributed by atoms with Gasteiger partial charge in [-0.15, -0.1) is 0 Å². The number of para-hydroxylation sites is 1. The summed E-state index contributed by atoms with van der Waals surface area (Å²) in [4.78, 5) is 25.6. The number of ether oxygens (including phenoxy) is 1. The Hall–Kier alpha value is -4.40. The zero-order chi connectivity index (χ0) is 23.2. The summed E-state index contributed by atoms with van der Waals surface area (Å²) in [5, 5.41) is 14.3. The maximum Gasteiger partial charge on any atom is 0.344 e. The molecule has 0 aliphatic rings. The van der Waals surface area contributed by atoms with E-state index in [1.165, 1.54) is 6.08 Å². The molecule has 33 heavy (non-hydrogen) atoms. The van der Waals surface area contributed by atoms with Gasteiger partial charge >= 0.3 is 5.97 Å². The number of esters is 1. The number of fused-ring (bicyclic) bond motifs is 1. The highest BCUT2D eigenvalue weighted by Crippen LogP contribution is 2.25. The topological polar surface area (TPSA) is 79.2 Å². The Kier molecular flexibility index (Phi) is 6.49. The normalized spacial score (nSPS) is 11.0. The first-order valence-electron chi connectivity index (χ1n) is 10.0. The predicted molar refractivity (Wildman–Crippen MR) is 129 cm³/mol. The molecule has 0 heterocycles. The smallest absolute Gasteiger partial charge is 0.344 e. The van der Waals surface area contributed by atoms with Crippen molar-refractivity contribution in [3.63, 3.8) is 0 Å². The molecule has 0 aliphatic carbocycles. The summed E-state index contributed by atoms with van der Waals surface area (Å²) in [5.41, 5.74) is 1.16. The highest BCUT2D eigenvalue weighted by atomic mass is 35.5. The van der Waals surface area contributed by atoms with Gasteiger partial charge in [0, 0.05) is 16.3 Å². The number of anilines is 1. The molecular weight excluding hydrogens is 436 g/mol. The maximum atomic E-state index is 12.9. The lowest BCUT2D eigenvalue weighted by atomic mass is 10.0. The van der Waals surface area contributed by atoms with Crippen LogP contribution in [0.2, 0.25) is 5.02 Å². The van der Waals surface area contributed by atoms with E-state index in [4.69, 9.17) is 16.3 Å². The van der Waals surface area contributed by atoms with Crippen molar-refractivity contribution in [2.45, 2.75) is 0 Å². The van der Waals surface area contributed by atoms with Crippen LogP contribution in [0.3, 0.4) is 0 Å². The molecule has 1 amide bonds. The first-order valence-corrected chi connectivity index (χ1v) is 10.4. The Bertz CT molecular complexity index is 1430. The van der Waals surface area contributed by atoms with E-state index in [9.17, 15) is 14.9 Å². The number of benzene rings is 4. The standard InChI is InChI=1S/C27H17ClN2O3/c28-21-10-6-11-22(16-21)30-26(31)20(17-29)15-19-8-2-4-14-25(19)33-27(32)24-13-5-9-18-7-1-3-12-23(18)24/h1-16H,(H,30,31)/b20-15+. The number of rotatable bonds is 5. The van der Waals surface area contributed by atoms with Gasteiger partial charge in [-0.3, -0.25) is 4.79 Å². The molecule has 4 aromatic carbocycles. The maximum absolute atomic E-state index is 12.9. The van der Waals surface area contributed by atoms with Gasteiger partial charge < -0.3 is 10.1 Å². The number of nitrogens with one attached hydrogen (secondary N) is 1. The lowest BCUT2D eigenvalue weighted by Gasteiger charge is -2.10. The van der Waals surface area contributed by atoms with E-state index in [1.807, 2.05) is 36.4 Å². The van der Waals surface area contributed by atoms with Crippen molar-refractivity contribution in [3.8, 4) is 11.8 Å². The second-order valence-electron chi connectivity index (χ2n) is 7.09. The Labute approximate surface area is 195 Å². The number of amides is 1. The number of nitriles is 1. The summed E-state index contributed by atoms with van der Waals surface area (Å²) in [6.07, 6.45) is 1.38. The van der Waals surface area contributed by atoms with Gasteiger partial charge in [0.25, 0.3) is 5.91 Å². The van der Waals surface area contributed by atoms with Gasteiger partial charge in [-0.25, -0.2) is 4.79 Å². The van der Waals surface area contributed by atoms with Crippen molar-refractivity contribution in [3.05, 3.63) is 113 Å². The quantitative estimate of drug-likeness (QED) is 0.168. The minimum absolute atomic E-state index is 0.149.